The summed E-state index contributed by atoms with van der Waals surface area (Å²) in [6.45, 7) is 3.99. The zero-order valence-corrected chi connectivity index (χ0v) is 11.5. The molecule has 18 heavy (non-hydrogen) atoms. The summed E-state index contributed by atoms with van der Waals surface area (Å²) in [5.41, 5.74) is 0.933. The molecular formula is C12H18N2O3S. The van der Waals surface area contributed by atoms with E-state index in [1.165, 1.54) is 0 Å². The number of hydrogen-bond acceptors (Lipinski definition) is 3. The minimum atomic E-state index is -3.38. The Balaban J connectivity index is 2.29. The fraction of sp³-hybridized carbons (Fsp3) is 0.500. The normalized spacial score (nSPS) is 26.4. The van der Waals surface area contributed by atoms with E-state index in [4.69, 9.17) is 4.74 Å². The lowest BCUT2D eigenvalue weighted by atomic mass is 9.93. The van der Waals surface area contributed by atoms with Crippen molar-refractivity contribution in [3.8, 4) is 5.75 Å². The molecule has 2 rings (SSSR count). The molecule has 0 unspecified atom stereocenters. The van der Waals surface area contributed by atoms with E-state index in [-0.39, 0.29) is 18.0 Å². The molecule has 0 bridgehead atoms. The fourth-order valence-electron chi connectivity index (χ4n) is 2.13. The molecule has 1 aliphatic heterocycles. The minimum absolute atomic E-state index is 0.136. The zero-order valence-electron chi connectivity index (χ0n) is 10.7. The van der Waals surface area contributed by atoms with Crippen LogP contribution in [-0.2, 0) is 10.2 Å². The van der Waals surface area contributed by atoms with Crippen LogP contribution >= 0.6 is 0 Å². The van der Waals surface area contributed by atoms with E-state index >= 15 is 0 Å². The van der Waals surface area contributed by atoms with Gasteiger partial charge in [-0.3, -0.25) is 0 Å². The highest BCUT2D eigenvalue weighted by Gasteiger charge is 2.38. The van der Waals surface area contributed by atoms with Gasteiger partial charge in [-0.05, 0) is 23.6 Å². The predicted octanol–water partition coefficient (Wildman–Crippen LogP) is 1.20. The third-order valence-corrected chi connectivity index (χ3v) is 4.27. The van der Waals surface area contributed by atoms with E-state index in [2.05, 4.69) is 9.44 Å². The highest BCUT2D eigenvalue weighted by atomic mass is 32.2. The lowest BCUT2D eigenvalue weighted by Gasteiger charge is -2.21. The summed E-state index contributed by atoms with van der Waals surface area (Å²) in [5, 5.41) is 0. The van der Waals surface area contributed by atoms with Crippen LogP contribution in [0.2, 0.25) is 0 Å². The van der Waals surface area contributed by atoms with Crippen LogP contribution in [0.3, 0.4) is 0 Å². The van der Waals surface area contributed by atoms with Crippen molar-refractivity contribution in [2.75, 3.05) is 7.11 Å². The van der Waals surface area contributed by atoms with Gasteiger partial charge in [0, 0.05) is 6.04 Å². The van der Waals surface area contributed by atoms with Gasteiger partial charge in [0.15, 0.2) is 0 Å². The van der Waals surface area contributed by atoms with Crippen molar-refractivity contribution >= 4 is 10.2 Å². The van der Waals surface area contributed by atoms with E-state index in [0.717, 1.165) is 11.3 Å². The van der Waals surface area contributed by atoms with Gasteiger partial charge in [-0.25, -0.2) is 0 Å². The Bertz CT molecular complexity index is 511. The van der Waals surface area contributed by atoms with Crippen molar-refractivity contribution in [3.63, 3.8) is 0 Å². The van der Waals surface area contributed by atoms with E-state index < -0.39 is 10.2 Å². The van der Waals surface area contributed by atoms with Crippen LogP contribution < -0.4 is 14.2 Å². The Labute approximate surface area is 108 Å². The van der Waals surface area contributed by atoms with Crippen molar-refractivity contribution in [1.29, 1.82) is 0 Å². The fourth-order valence-corrected chi connectivity index (χ4v) is 3.58. The first-order valence-corrected chi connectivity index (χ1v) is 7.35. The molecule has 0 spiro atoms. The summed E-state index contributed by atoms with van der Waals surface area (Å²) >= 11 is 0. The molecule has 1 saturated heterocycles. The summed E-state index contributed by atoms with van der Waals surface area (Å²) in [5.74, 6) is 0.968. The van der Waals surface area contributed by atoms with Crippen LogP contribution in [0.1, 0.15) is 25.5 Å². The van der Waals surface area contributed by atoms with Crippen LogP contribution in [0.15, 0.2) is 24.3 Å². The first-order valence-electron chi connectivity index (χ1n) is 5.86. The number of nitrogens with one attached hydrogen (secondary N) is 2. The van der Waals surface area contributed by atoms with Gasteiger partial charge in [0.05, 0.1) is 13.2 Å². The van der Waals surface area contributed by atoms with Gasteiger partial charge in [0.25, 0.3) is 10.2 Å². The van der Waals surface area contributed by atoms with Gasteiger partial charge >= 0.3 is 0 Å². The zero-order chi connectivity index (χ0) is 13.3. The molecule has 2 atom stereocenters. The number of rotatable bonds is 3. The van der Waals surface area contributed by atoms with Gasteiger partial charge in [0.2, 0.25) is 0 Å². The molecular weight excluding hydrogens is 252 g/mol. The lowest BCUT2D eigenvalue weighted by molar-refractivity contribution is 0.405. The highest BCUT2D eigenvalue weighted by molar-refractivity contribution is 7.87. The maximum absolute atomic E-state index is 11.6. The van der Waals surface area contributed by atoms with Gasteiger partial charge in [-0.1, -0.05) is 26.0 Å². The number of hydrogen-bond donors (Lipinski definition) is 2. The van der Waals surface area contributed by atoms with E-state index in [0.29, 0.717) is 0 Å². The Morgan fingerprint density at radius 1 is 1.17 bits per heavy atom. The van der Waals surface area contributed by atoms with Crippen molar-refractivity contribution in [2.45, 2.75) is 25.9 Å². The van der Waals surface area contributed by atoms with E-state index in [1.807, 2.05) is 38.1 Å². The summed E-state index contributed by atoms with van der Waals surface area (Å²) in [6, 6.07) is 7.06. The molecule has 6 heteroatoms. The van der Waals surface area contributed by atoms with Crippen LogP contribution in [0.25, 0.3) is 0 Å². The van der Waals surface area contributed by atoms with Crippen molar-refractivity contribution in [1.82, 2.24) is 9.44 Å². The molecule has 1 heterocycles. The summed E-state index contributed by atoms with van der Waals surface area (Å²) < 4.78 is 33.6. The SMILES string of the molecule is COc1ccc([C@@H]2NS(=O)(=O)N[C@H]2C(C)C)cc1. The average molecular weight is 270 g/mol. The van der Waals surface area contributed by atoms with Crippen molar-refractivity contribution < 1.29 is 13.2 Å². The Kier molecular flexibility index (Phi) is 3.61. The average Bonchev–Trinajstić information content (AvgIpc) is 2.66. The van der Waals surface area contributed by atoms with Crippen LogP contribution in [0.4, 0.5) is 0 Å². The molecule has 0 aromatic heterocycles. The van der Waals surface area contributed by atoms with Crippen LogP contribution in [0.5, 0.6) is 5.75 Å². The van der Waals surface area contributed by atoms with Crippen molar-refractivity contribution in [3.05, 3.63) is 29.8 Å². The van der Waals surface area contributed by atoms with Gasteiger partial charge in [0.1, 0.15) is 5.75 Å². The van der Waals surface area contributed by atoms with Gasteiger partial charge < -0.3 is 4.74 Å². The minimum Gasteiger partial charge on any atom is -0.497 e. The third-order valence-electron chi connectivity index (χ3n) is 3.13. The van der Waals surface area contributed by atoms with E-state index in [1.54, 1.807) is 7.11 Å². The molecule has 5 nitrogen and oxygen atoms in total. The first-order chi connectivity index (χ1) is 8.43. The van der Waals surface area contributed by atoms with Crippen LogP contribution in [-0.4, -0.2) is 21.6 Å². The van der Waals surface area contributed by atoms with Crippen molar-refractivity contribution in [2.24, 2.45) is 5.92 Å². The summed E-state index contributed by atoms with van der Waals surface area (Å²) in [6.07, 6.45) is 0. The lowest BCUT2D eigenvalue weighted by Crippen LogP contribution is -2.33. The first kappa shape index (κ1) is 13.3. The smallest absolute Gasteiger partial charge is 0.277 e. The second-order valence-electron chi connectivity index (χ2n) is 4.76. The molecule has 0 saturated carbocycles. The number of methoxy groups -OCH3 is 1. The standard InChI is InChI=1S/C12H18N2O3S/c1-8(2)11-12(14-18(15,16)13-11)9-4-6-10(17-3)7-5-9/h4-8,11-14H,1-3H3/t11-,12-/m0/s1. The topological polar surface area (TPSA) is 67.4 Å². The number of benzene rings is 1. The quantitative estimate of drug-likeness (QED) is 0.867. The molecule has 0 aliphatic carbocycles. The number of ether oxygens (including phenoxy) is 1. The summed E-state index contributed by atoms with van der Waals surface area (Å²) in [4.78, 5) is 0. The van der Waals surface area contributed by atoms with Crippen LogP contribution in [0, 0.1) is 5.92 Å². The molecule has 2 N–H and O–H groups in total. The predicted molar refractivity (Wildman–Crippen MR) is 69.6 cm³/mol. The van der Waals surface area contributed by atoms with E-state index in [9.17, 15) is 8.42 Å². The maximum Gasteiger partial charge on any atom is 0.277 e. The van der Waals surface area contributed by atoms with Gasteiger partial charge in [-0.15, -0.1) is 0 Å². The molecule has 1 fully saturated rings. The molecule has 100 valence electrons. The molecule has 1 aliphatic rings. The second-order valence-corrected chi connectivity index (χ2v) is 6.24. The molecule has 1 aromatic carbocycles. The Morgan fingerprint density at radius 3 is 2.28 bits per heavy atom. The highest BCUT2D eigenvalue weighted by Crippen LogP contribution is 2.28. The summed E-state index contributed by atoms with van der Waals surface area (Å²) in [7, 11) is -1.78. The van der Waals surface area contributed by atoms with Gasteiger partial charge in [-0.2, -0.15) is 17.9 Å². The molecule has 0 amide bonds. The monoisotopic (exact) mass is 270 g/mol. The Morgan fingerprint density at radius 2 is 1.78 bits per heavy atom. The maximum atomic E-state index is 11.6. The third kappa shape index (κ3) is 2.66. The largest absolute Gasteiger partial charge is 0.497 e. The Hall–Kier alpha value is -1.11. The second kappa shape index (κ2) is 4.87. The molecule has 0 radical (unpaired) electrons. The molecule has 1 aromatic rings.